The first-order chi connectivity index (χ1) is 11.1. The van der Waals surface area contributed by atoms with Gasteiger partial charge in [0.15, 0.2) is 0 Å². The standard InChI is InChI=1S/C18H39N4O.Re/c1-7-20(8-2)12-14-22(17-23-16-18(4)5)15-13-21(9-3)11-10-19-6;/h19H,1,4,7-17H2,2-3,5-6H3;/q-1;. The Morgan fingerprint density at radius 1 is 1.00 bits per heavy atom. The van der Waals surface area contributed by atoms with Crippen LogP contribution in [0.4, 0.5) is 0 Å². The molecule has 0 aliphatic rings. The first-order valence-electron chi connectivity index (χ1n) is 8.90. The third-order valence-corrected chi connectivity index (χ3v) is 3.98. The van der Waals surface area contributed by atoms with Crippen molar-refractivity contribution in [2.24, 2.45) is 0 Å². The SMILES string of the molecule is C=C(C)COCN(CCN(C[CH2-])CC)CCN(CC)CCNC.[Re]. The summed E-state index contributed by atoms with van der Waals surface area (Å²) < 4.78 is 5.77. The number of hydrogen-bond acceptors (Lipinski definition) is 5. The van der Waals surface area contributed by atoms with Crippen LogP contribution >= 0.6 is 0 Å². The van der Waals surface area contributed by atoms with Crippen LogP contribution in [0.3, 0.4) is 0 Å². The number of nitrogens with zero attached hydrogens (tertiary/aromatic N) is 3. The van der Waals surface area contributed by atoms with Crippen molar-refractivity contribution in [3.05, 3.63) is 19.1 Å². The van der Waals surface area contributed by atoms with Crippen LogP contribution in [0.15, 0.2) is 12.2 Å². The van der Waals surface area contributed by atoms with Gasteiger partial charge in [0.2, 0.25) is 0 Å². The molecule has 0 aliphatic heterocycles. The van der Waals surface area contributed by atoms with Crippen LogP contribution in [0, 0.1) is 6.92 Å². The summed E-state index contributed by atoms with van der Waals surface area (Å²) in [6, 6.07) is 0. The van der Waals surface area contributed by atoms with E-state index in [1.807, 2.05) is 14.0 Å². The summed E-state index contributed by atoms with van der Waals surface area (Å²) in [5, 5.41) is 3.22. The van der Waals surface area contributed by atoms with Gasteiger partial charge in [0.1, 0.15) is 0 Å². The van der Waals surface area contributed by atoms with Crippen LogP contribution in [0.5, 0.6) is 0 Å². The van der Waals surface area contributed by atoms with E-state index in [1.165, 1.54) is 0 Å². The zero-order valence-electron chi connectivity index (χ0n) is 16.3. The molecule has 0 spiro atoms. The molecule has 0 aliphatic carbocycles. The van der Waals surface area contributed by atoms with Gasteiger partial charge in [-0.1, -0.05) is 26.0 Å². The van der Waals surface area contributed by atoms with Gasteiger partial charge in [-0.25, -0.2) is 0 Å². The van der Waals surface area contributed by atoms with Gasteiger partial charge in [-0.3, -0.25) is 4.90 Å². The Bertz CT molecular complexity index is 288. The van der Waals surface area contributed by atoms with Crippen LogP contribution in [0.1, 0.15) is 20.8 Å². The maximum absolute atomic E-state index is 5.77. The van der Waals surface area contributed by atoms with Gasteiger partial charge in [0, 0.05) is 59.7 Å². The third kappa shape index (κ3) is 14.5. The number of hydrogen-bond donors (Lipinski definition) is 1. The van der Waals surface area contributed by atoms with Crippen LogP contribution in [0.2, 0.25) is 0 Å². The molecular weight excluding hydrogens is 474 g/mol. The summed E-state index contributed by atoms with van der Waals surface area (Å²) in [6.45, 7) is 24.9. The quantitative estimate of drug-likeness (QED) is 0.192. The molecule has 0 bridgehead atoms. The van der Waals surface area contributed by atoms with E-state index in [4.69, 9.17) is 4.74 Å². The molecule has 0 unspecified atom stereocenters. The van der Waals surface area contributed by atoms with Gasteiger partial charge in [-0.2, -0.15) is 0 Å². The Kier molecular flexibility index (Phi) is 19.8. The molecule has 0 aromatic rings. The van der Waals surface area contributed by atoms with Crippen LogP contribution in [0.25, 0.3) is 0 Å². The van der Waals surface area contributed by atoms with Crippen molar-refractivity contribution in [2.45, 2.75) is 20.8 Å². The molecule has 5 nitrogen and oxygen atoms in total. The molecule has 0 fully saturated rings. The zero-order chi connectivity index (χ0) is 17.5. The molecule has 1 radical (unpaired) electrons. The molecule has 0 amide bonds. The Labute approximate surface area is 164 Å². The van der Waals surface area contributed by atoms with Crippen molar-refractivity contribution in [1.82, 2.24) is 20.0 Å². The van der Waals surface area contributed by atoms with Crippen molar-refractivity contribution in [3.63, 3.8) is 0 Å². The van der Waals surface area contributed by atoms with Crippen LogP contribution < -0.4 is 5.32 Å². The molecule has 24 heavy (non-hydrogen) atoms. The van der Waals surface area contributed by atoms with Gasteiger partial charge >= 0.3 is 0 Å². The average molecular weight is 514 g/mol. The van der Waals surface area contributed by atoms with E-state index in [0.29, 0.717) is 13.3 Å². The van der Waals surface area contributed by atoms with Gasteiger partial charge in [0.25, 0.3) is 0 Å². The van der Waals surface area contributed by atoms with Gasteiger partial charge < -0.3 is 26.8 Å². The number of ether oxygens (including phenoxy) is 1. The first-order valence-corrected chi connectivity index (χ1v) is 8.90. The maximum Gasteiger partial charge on any atom is 0.0995 e. The van der Waals surface area contributed by atoms with E-state index in [-0.39, 0.29) is 20.4 Å². The average Bonchev–Trinajstić information content (AvgIpc) is 2.54. The summed E-state index contributed by atoms with van der Waals surface area (Å²) >= 11 is 0. The normalized spacial score (nSPS) is 11.3. The minimum atomic E-state index is 0. The summed E-state index contributed by atoms with van der Waals surface area (Å²) in [4.78, 5) is 7.22. The van der Waals surface area contributed by atoms with E-state index < -0.39 is 0 Å². The second-order valence-corrected chi connectivity index (χ2v) is 6.02. The summed E-state index contributed by atoms with van der Waals surface area (Å²) in [5.41, 5.74) is 1.07. The van der Waals surface area contributed by atoms with Gasteiger partial charge in [-0.05, 0) is 27.1 Å². The van der Waals surface area contributed by atoms with Crippen molar-refractivity contribution >= 4 is 0 Å². The molecule has 145 valence electrons. The summed E-state index contributed by atoms with van der Waals surface area (Å²) in [5.74, 6) is 0. The predicted octanol–water partition coefficient (Wildman–Crippen LogP) is 1.53. The molecule has 0 rings (SSSR count). The minimum Gasteiger partial charge on any atom is -0.362 e. The Morgan fingerprint density at radius 2 is 1.54 bits per heavy atom. The summed E-state index contributed by atoms with van der Waals surface area (Å²) in [7, 11) is 2.00. The van der Waals surface area contributed by atoms with E-state index in [0.717, 1.165) is 64.5 Å². The molecule has 0 saturated carbocycles. The van der Waals surface area contributed by atoms with Crippen LogP contribution in [-0.4, -0.2) is 94.0 Å². The zero-order valence-corrected chi connectivity index (χ0v) is 19.0. The predicted molar refractivity (Wildman–Crippen MR) is 101 cm³/mol. The fraction of sp³-hybridized carbons (Fsp3) is 0.833. The molecule has 1 N–H and O–H groups in total. The van der Waals surface area contributed by atoms with Crippen molar-refractivity contribution in [3.8, 4) is 0 Å². The Morgan fingerprint density at radius 3 is 2.00 bits per heavy atom. The van der Waals surface area contributed by atoms with Crippen LogP contribution in [-0.2, 0) is 25.2 Å². The fourth-order valence-electron chi connectivity index (χ4n) is 2.28. The molecule has 0 atom stereocenters. The number of nitrogens with one attached hydrogen (secondary N) is 1. The van der Waals surface area contributed by atoms with E-state index in [1.54, 1.807) is 0 Å². The van der Waals surface area contributed by atoms with Crippen molar-refractivity contribution in [2.75, 3.05) is 79.3 Å². The topological polar surface area (TPSA) is 31.0 Å². The minimum absolute atomic E-state index is 0. The van der Waals surface area contributed by atoms with Crippen molar-refractivity contribution < 1.29 is 25.2 Å². The smallest absolute Gasteiger partial charge is 0.0995 e. The molecule has 0 saturated heterocycles. The van der Waals surface area contributed by atoms with Crippen molar-refractivity contribution in [1.29, 1.82) is 0 Å². The first kappa shape index (κ1) is 26.4. The fourth-order valence-corrected chi connectivity index (χ4v) is 2.28. The largest absolute Gasteiger partial charge is 0.362 e. The Balaban J connectivity index is 0. The Hall–Kier alpha value is 0.202. The maximum atomic E-state index is 5.77. The van der Waals surface area contributed by atoms with Gasteiger partial charge in [0.05, 0.1) is 13.3 Å². The number of likely N-dealkylation sites (N-methyl/N-ethyl adjacent to an activating group) is 3. The molecule has 0 heterocycles. The van der Waals surface area contributed by atoms with Gasteiger partial charge in [-0.15, -0.1) is 6.54 Å². The van der Waals surface area contributed by atoms with E-state index in [9.17, 15) is 0 Å². The number of rotatable bonds is 16. The monoisotopic (exact) mass is 514 g/mol. The molecule has 6 heteroatoms. The van der Waals surface area contributed by atoms with E-state index in [2.05, 4.69) is 47.4 Å². The summed E-state index contributed by atoms with van der Waals surface area (Å²) in [6.07, 6.45) is 0. The molecular formula is C18H39N4ORe-. The van der Waals surface area contributed by atoms with E-state index >= 15 is 0 Å². The third-order valence-electron chi connectivity index (χ3n) is 3.98. The molecule has 0 aromatic carbocycles. The molecule has 0 aromatic heterocycles. The second-order valence-electron chi connectivity index (χ2n) is 6.02. The second kappa shape index (κ2) is 18.0.